The van der Waals surface area contributed by atoms with Crippen LogP contribution in [0.25, 0.3) is 0 Å². The molecule has 2 nitrogen and oxygen atoms in total. The Kier molecular flexibility index (Phi) is 4.03. The fraction of sp³-hybridized carbons (Fsp3) is 0.455. The molecule has 2 N–H and O–H groups in total. The van der Waals surface area contributed by atoms with E-state index >= 15 is 0 Å². The third-order valence-corrected chi connectivity index (χ3v) is 1.85. The molecule has 1 aromatic rings. The molecule has 1 rings (SSSR count). The molecule has 0 aliphatic rings. The van der Waals surface area contributed by atoms with E-state index in [1.54, 1.807) is 13.8 Å². The Labute approximate surface area is 88.0 Å². The highest BCUT2D eigenvalue weighted by Crippen LogP contribution is 2.25. The molecule has 1 aromatic carbocycles. The highest BCUT2D eigenvalue weighted by molar-refractivity contribution is 5.36. The smallest absolute Gasteiger partial charge is 0.168 e. The van der Waals surface area contributed by atoms with Crippen LogP contribution in [0.4, 0.5) is 8.78 Å². The molecule has 0 aliphatic carbocycles. The van der Waals surface area contributed by atoms with Crippen molar-refractivity contribution in [2.75, 3.05) is 6.54 Å². The summed E-state index contributed by atoms with van der Waals surface area (Å²) in [5.74, 6) is -1.17. The highest BCUT2D eigenvalue weighted by atomic mass is 19.1. The number of rotatable bonds is 4. The van der Waals surface area contributed by atoms with Crippen molar-refractivity contribution >= 4 is 0 Å². The Morgan fingerprint density at radius 2 is 2.00 bits per heavy atom. The van der Waals surface area contributed by atoms with E-state index in [0.29, 0.717) is 18.5 Å². The summed E-state index contributed by atoms with van der Waals surface area (Å²) in [5, 5.41) is 0. The lowest BCUT2D eigenvalue weighted by Gasteiger charge is -2.14. The van der Waals surface area contributed by atoms with Gasteiger partial charge in [-0.25, -0.2) is 8.78 Å². The van der Waals surface area contributed by atoms with E-state index in [1.807, 2.05) is 0 Å². The van der Waals surface area contributed by atoms with Crippen molar-refractivity contribution in [1.29, 1.82) is 0 Å². The van der Waals surface area contributed by atoms with E-state index in [1.165, 1.54) is 6.07 Å². The van der Waals surface area contributed by atoms with Crippen molar-refractivity contribution in [1.82, 2.24) is 0 Å². The number of benzene rings is 1. The molecule has 0 heterocycles. The number of hydrogen-bond donors (Lipinski definition) is 1. The number of halogens is 2. The summed E-state index contributed by atoms with van der Waals surface area (Å²) in [5.41, 5.74) is 5.84. The molecule has 0 unspecified atom stereocenters. The molecule has 0 spiro atoms. The average molecular weight is 215 g/mol. The van der Waals surface area contributed by atoms with Gasteiger partial charge < -0.3 is 10.5 Å². The van der Waals surface area contributed by atoms with Gasteiger partial charge in [0.2, 0.25) is 0 Å². The fourth-order valence-corrected chi connectivity index (χ4v) is 1.32. The van der Waals surface area contributed by atoms with E-state index in [9.17, 15) is 8.78 Å². The van der Waals surface area contributed by atoms with Gasteiger partial charge >= 0.3 is 0 Å². The molecule has 0 radical (unpaired) electrons. The van der Waals surface area contributed by atoms with E-state index in [0.717, 1.165) is 6.07 Å². The van der Waals surface area contributed by atoms with Crippen molar-refractivity contribution in [3.05, 3.63) is 29.3 Å². The number of hydrogen-bond acceptors (Lipinski definition) is 2. The van der Waals surface area contributed by atoms with Gasteiger partial charge in [-0.05, 0) is 32.9 Å². The van der Waals surface area contributed by atoms with E-state index < -0.39 is 11.6 Å². The van der Waals surface area contributed by atoms with Gasteiger partial charge in [-0.1, -0.05) is 0 Å². The SMILES string of the molecule is CC(C)Oc1c(F)cc(F)cc1CCN. The van der Waals surface area contributed by atoms with Crippen molar-refractivity contribution in [3.8, 4) is 5.75 Å². The molecule has 0 aliphatic heterocycles. The van der Waals surface area contributed by atoms with E-state index in [4.69, 9.17) is 10.5 Å². The van der Waals surface area contributed by atoms with Crippen LogP contribution in [0.3, 0.4) is 0 Å². The lowest BCUT2D eigenvalue weighted by atomic mass is 10.1. The van der Waals surface area contributed by atoms with Crippen molar-refractivity contribution in [3.63, 3.8) is 0 Å². The summed E-state index contributed by atoms with van der Waals surface area (Å²) in [6.45, 7) is 3.90. The molecule has 0 amide bonds. The van der Waals surface area contributed by atoms with Gasteiger partial charge in [0, 0.05) is 11.6 Å². The Hall–Kier alpha value is -1.16. The third kappa shape index (κ3) is 3.16. The first kappa shape index (κ1) is 11.9. The Bertz CT molecular complexity index is 340. The molecular formula is C11H15F2NO. The van der Waals surface area contributed by atoms with Crippen LogP contribution in [-0.2, 0) is 6.42 Å². The van der Waals surface area contributed by atoms with Gasteiger partial charge in [-0.3, -0.25) is 0 Å². The van der Waals surface area contributed by atoms with Crippen LogP contribution in [0, 0.1) is 11.6 Å². The molecule has 0 aromatic heterocycles. The zero-order valence-electron chi connectivity index (χ0n) is 8.89. The molecule has 15 heavy (non-hydrogen) atoms. The molecule has 4 heteroatoms. The maximum Gasteiger partial charge on any atom is 0.168 e. The Morgan fingerprint density at radius 3 is 2.53 bits per heavy atom. The van der Waals surface area contributed by atoms with Crippen LogP contribution in [-0.4, -0.2) is 12.6 Å². The molecule has 0 fully saturated rings. The summed E-state index contributed by atoms with van der Waals surface area (Å²) in [6, 6.07) is 2.07. The highest BCUT2D eigenvalue weighted by Gasteiger charge is 2.13. The first-order valence-electron chi connectivity index (χ1n) is 4.89. The zero-order valence-corrected chi connectivity index (χ0v) is 8.89. The minimum Gasteiger partial charge on any atom is -0.488 e. The summed E-state index contributed by atoms with van der Waals surface area (Å²) >= 11 is 0. The molecule has 0 bridgehead atoms. The topological polar surface area (TPSA) is 35.2 Å². The Balaban J connectivity index is 3.08. The predicted octanol–water partition coefficient (Wildman–Crippen LogP) is 2.25. The second kappa shape index (κ2) is 5.07. The summed E-state index contributed by atoms with van der Waals surface area (Å²) < 4.78 is 31.6. The van der Waals surface area contributed by atoms with Gasteiger partial charge in [0.15, 0.2) is 11.6 Å². The number of ether oxygens (including phenoxy) is 1. The minimum atomic E-state index is -0.674. The molecule has 84 valence electrons. The first-order valence-corrected chi connectivity index (χ1v) is 4.89. The third-order valence-electron chi connectivity index (χ3n) is 1.85. The normalized spacial score (nSPS) is 10.8. The minimum absolute atomic E-state index is 0.108. The summed E-state index contributed by atoms with van der Waals surface area (Å²) in [7, 11) is 0. The quantitative estimate of drug-likeness (QED) is 0.836. The lowest BCUT2D eigenvalue weighted by Crippen LogP contribution is -2.12. The molecule has 0 saturated carbocycles. The van der Waals surface area contributed by atoms with E-state index in [-0.39, 0.29) is 11.9 Å². The standard InChI is InChI=1S/C11H15F2NO/c1-7(2)15-11-8(3-4-14)5-9(12)6-10(11)13/h5-7H,3-4,14H2,1-2H3. The zero-order chi connectivity index (χ0) is 11.4. The van der Waals surface area contributed by atoms with Gasteiger partial charge in [0.1, 0.15) is 5.82 Å². The predicted molar refractivity (Wildman–Crippen MR) is 54.9 cm³/mol. The second-order valence-corrected chi connectivity index (χ2v) is 3.58. The van der Waals surface area contributed by atoms with Crippen molar-refractivity contribution in [2.24, 2.45) is 5.73 Å². The lowest BCUT2D eigenvalue weighted by molar-refractivity contribution is 0.228. The Morgan fingerprint density at radius 1 is 1.33 bits per heavy atom. The monoisotopic (exact) mass is 215 g/mol. The van der Waals surface area contributed by atoms with Crippen LogP contribution >= 0.6 is 0 Å². The van der Waals surface area contributed by atoms with Crippen LogP contribution in [0.15, 0.2) is 12.1 Å². The first-order chi connectivity index (χ1) is 7.04. The maximum atomic E-state index is 13.4. The van der Waals surface area contributed by atoms with Gasteiger partial charge in [0.05, 0.1) is 6.10 Å². The van der Waals surface area contributed by atoms with Crippen LogP contribution in [0.2, 0.25) is 0 Å². The summed E-state index contributed by atoms with van der Waals surface area (Å²) in [6.07, 6.45) is 0.248. The number of nitrogens with two attached hydrogens (primary N) is 1. The molecule has 0 atom stereocenters. The van der Waals surface area contributed by atoms with Crippen LogP contribution in [0.1, 0.15) is 19.4 Å². The second-order valence-electron chi connectivity index (χ2n) is 3.58. The summed E-state index contributed by atoms with van der Waals surface area (Å²) in [4.78, 5) is 0. The van der Waals surface area contributed by atoms with Crippen molar-refractivity contribution < 1.29 is 13.5 Å². The van der Waals surface area contributed by atoms with Crippen molar-refractivity contribution in [2.45, 2.75) is 26.4 Å². The largest absolute Gasteiger partial charge is 0.488 e. The molecular weight excluding hydrogens is 200 g/mol. The van der Waals surface area contributed by atoms with Gasteiger partial charge in [-0.2, -0.15) is 0 Å². The van der Waals surface area contributed by atoms with Crippen LogP contribution < -0.4 is 10.5 Å². The molecule has 0 saturated heterocycles. The van der Waals surface area contributed by atoms with Gasteiger partial charge in [-0.15, -0.1) is 0 Å². The van der Waals surface area contributed by atoms with E-state index in [2.05, 4.69) is 0 Å². The van der Waals surface area contributed by atoms with Gasteiger partial charge in [0.25, 0.3) is 0 Å². The average Bonchev–Trinajstić information content (AvgIpc) is 2.11. The maximum absolute atomic E-state index is 13.4. The fourth-order valence-electron chi connectivity index (χ4n) is 1.32. The van der Waals surface area contributed by atoms with Crippen LogP contribution in [0.5, 0.6) is 5.75 Å².